The minimum absolute atomic E-state index is 0.0720. The van der Waals surface area contributed by atoms with Crippen molar-refractivity contribution in [1.29, 1.82) is 0 Å². The first kappa shape index (κ1) is 8.51. The summed E-state index contributed by atoms with van der Waals surface area (Å²) in [4.78, 5) is 14.2. The number of aromatic amines is 1. The lowest BCUT2D eigenvalue weighted by Crippen LogP contribution is -2.19. The second kappa shape index (κ2) is 2.70. The maximum absolute atomic E-state index is 11.4. The molecule has 1 aliphatic rings. The molecule has 2 atom stereocenters. The minimum atomic E-state index is -0.844. The Labute approximate surface area is 76.4 Å². The van der Waals surface area contributed by atoms with Crippen LogP contribution in [-0.4, -0.2) is 10.1 Å². The number of H-pyrrole nitrogens is 1. The van der Waals surface area contributed by atoms with Gasteiger partial charge in [0, 0.05) is 24.0 Å². The van der Waals surface area contributed by atoms with Gasteiger partial charge in [0.2, 0.25) is 0 Å². The van der Waals surface area contributed by atoms with E-state index in [9.17, 15) is 9.90 Å². The highest BCUT2D eigenvalue weighted by Crippen LogP contribution is 2.52. The Morgan fingerprint density at radius 2 is 2.54 bits per heavy atom. The monoisotopic (exact) mass is 179 g/mol. The second-order valence-corrected chi connectivity index (χ2v) is 3.66. The van der Waals surface area contributed by atoms with Crippen molar-refractivity contribution in [2.75, 3.05) is 0 Å². The van der Waals surface area contributed by atoms with Crippen LogP contribution in [0, 0.1) is 5.92 Å². The molecule has 2 rings (SSSR count). The van der Waals surface area contributed by atoms with Crippen LogP contribution in [0.15, 0.2) is 23.3 Å². The molecule has 0 bridgehead atoms. The van der Waals surface area contributed by atoms with Crippen LogP contribution in [0.5, 0.6) is 0 Å². The van der Waals surface area contributed by atoms with E-state index >= 15 is 0 Å². The summed E-state index contributed by atoms with van der Waals surface area (Å²) in [7, 11) is 0. The van der Waals surface area contributed by atoms with E-state index in [1.54, 1.807) is 12.4 Å². The van der Waals surface area contributed by atoms with Gasteiger partial charge in [-0.05, 0) is 12.3 Å². The van der Waals surface area contributed by atoms with Crippen molar-refractivity contribution in [1.82, 2.24) is 4.98 Å². The lowest BCUT2D eigenvalue weighted by atomic mass is 10.1. The summed E-state index contributed by atoms with van der Waals surface area (Å²) in [5.41, 5.74) is -0.400. The lowest BCUT2D eigenvalue weighted by Gasteiger charge is -2.07. The molecule has 1 heterocycles. The molecule has 0 spiro atoms. The van der Waals surface area contributed by atoms with Gasteiger partial charge in [-0.3, -0.25) is 4.79 Å². The maximum atomic E-state index is 11.4. The van der Waals surface area contributed by atoms with Gasteiger partial charge in [-0.25, -0.2) is 0 Å². The average molecular weight is 179 g/mol. The third-order valence-electron chi connectivity index (χ3n) is 2.86. The number of pyridine rings is 1. The van der Waals surface area contributed by atoms with E-state index in [2.05, 4.69) is 4.98 Å². The van der Waals surface area contributed by atoms with Gasteiger partial charge in [-0.1, -0.05) is 13.3 Å². The van der Waals surface area contributed by atoms with Gasteiger partial charge in [-0.2, -0.15) is 0 Å². The first-order valence-corrected chi connectivity index (χ1v) is 4.58. The molecule has 2 N–H and O–H groups in total. The second-order valence-electron chi connectivity index (χ2n) is 3.66. The van der Waals surface area contributed by atoms with E-state index in [1.165, 1.54) is 6.07 Å². The molecule has 1 aliphatic carbocycles. The zero-order chi connectivity index (χ0) is 9.47. The molecule has 2 unspecified atom stereocenters. The number of nitrogens with one attached hydrogen (secondary N) is 1. The molecule has 70 valence electrons. The van der Waals surface area contributed by atoms with Gasteiger partial charge < -0.3 is 10.1 Å². The summed E-state index contributed by atoms with van der Waals surface area (Å²) in [6.45, 7) is 2.03. The molecule has 3 heteroatoms. The van der Waals surface area contributed by atoms with E-state index in [1.807, 2.05) is 6.92 Å². The van der Waals surface area contributed by atoms with Crippen LogP contribution >= 0.6 is 0 Å². The summed E-state index contributed by atoms with van der Waals surface area (Å²) >= 11 is 0. The van der Waals surface area contributed by atoms with Gasteiger partial charge in [0.05, 0.1) is 5.60 Å². The Morgan fingerprint density at radius 1 is 1.77 bits per heavy atom. The Morgan fingerprint density at radius 3 is 3.08 bits per heavy atom. The first-order valence-electron chi connectivity index (χ1n) is 4.58. The minimum Gasteiger partial charge on any atom is -0.385 e. The van der Waals surface area contributed by atoms with Crippen molar-refractivity contribution >= 4 is 0 Å². The maximum Gasteiger partial charge on any atom is 0.187 e. The van der Waals surface area contributed by atoms with Gasteiger partial charge in [0.1, 0.15) is 0 Å². The van der Waals surface area contributed by atoms with Crippen LogP contribution in [0.2, 0.25) is 0 Å². The van der Waals surface area contributed by atoms with Gasteiger partial charge in [0.15, 0.2) is 5.43 Å². The standard InChI is InChI=1S/C10H13NO2/c1-2-7-5-10(7,13)8-6-11-4-3-9(8)12/h3-4,6-7,13H,2,5H2,1H3,(H,11,12). The predicted molar refractivity (Wildman–Crippen MR) is 49.4 cm³/mol. The van der Waals surface area contributed by atoms with Crippen molar-refractivity contribution in [3.63, 3.8) is 0 Å². The van der Waals surface area contributed by atoms with E-state index in [0.29, 0.717) is 5.56 Å². The summed E-state index contributed by atoms with van der Waals surface area (Å²) in [6.07, 6.45) is 4.83. The van der Waals surface area contributed by atoms with Crippen molar-refractivity contribution in [2.24, 2.45) is 5.92 Å². The molecule has 13 heavy (non-hydrogen) atoms. The highest BCUT2D eigenvalue weighted by atomic mass is 16.3. The summed E-state index contributed by atoms with van der Waals surface area (Å²) in [5.74, 6) is 0.260. The Kier molecular flexibility index (Phi) is 1.77. The number of rotatable bonds is 2. The zero-order valence-corrected chi connectivity index (χ0v) is 7.58. The Hall–Kier alpha value is -1.09. The van der Waals surface area contributed by atoms with Crippen LogP contribution in [0.25, 0.3) is 0 Å². The molecule has 3 nitrogen and oxygen atoms in total. The third kappa shape index (κ3) is 1.20. The fourth-order valence-corrected chi connectivity index (χ4v) is 1.88. The molecule has 0 aliphatic heterocycles. The molecular formula is C10H13NO2. The fourth-order valence-electron chi connectivity index (χ4n) is 1.88. The van der Waals surface area contributed by atoms with Gasteiger partial charge in [-0.15, -0.1) is 0 Å². The largest absolute Gasteiger partial charge is 0.385 e. The molecule has 1 saturated carbocycles. The van der Waals surface area contributed by atoms with E-state index in [4.69, 9.17) is 0 Å². The SMILES string of the molecule is CCC1CC1(O)c1c[nH]ccc1=O. The number of aromatic nitrogens is 1. The molecular weight excluding hydrogens is 166 g/mol. The summed E-state index contributed by atoms with van der Waals surface area (Å²) in [6, 6.07) is 1.46. The third-order valence-corrected chi connectivity index (χ3v) is 2.86. The van der Waals surface area contributed by atoms with Crippen molar-refractivity contribution in [3.8, 4) is 0 Å². The molecule has 0 aromatic carbocycles. The van der Waals surface area contributed by atoms with E-state index in [0.717, 1.165) is 12.8 Å². The first-order chi connectivity index (χ1) is 6.18. The number of hydrogen-bond donors (Lipinski definition) is 2. The van der Waals surface area contributed by atoms with E-state index in [-0.39, 0.29) is 11.3 Å². The topological polar surface area (TPSA) is 53.1 Å². The van der Waals surface area contributed by atoms with Crippen LogP contribution in [0.4, 0.5) is 0 Å². The smallest absolute Gasteiger partial charge is 0.187 e. The normalized spacial score (nSPS) is 31.7. The summed E-state index contributed by atoms with van der Waals surface area (Å²) < 4.78 is 0. The molecule has 0 radical (unpaired) electrons. The van der Waals surface area contributed by atoms with Crippen LogP contribution in [0.1, 0.15) is 25.3 Å². The average Bonchev–Trinajstić information content (AvgIpc) is 2.79. The molecule has 0 amide bonds. The molecule has 1 aromatic heterocycles. The predicted octanol–water partition coefficient (Wildman–Crippen LogP) is 0.992. The van der Waals surface area contributed by atoms with Crippen LogP contribution in [-0.2, 0) is 5.60 Å². The quantitative estimate of drug-likeness (QED) is 0.711. The van der Waals surface area contributed by atoms with Crippen LogP contribution in [0.3, 0.4) is 0 Å². The number of hydrogen-bond acceptors (Lipinski definition) is 2. The Bertz CT molecular complexity index is 371. The fraction of sp³-hybridized carbons (Fsp3) is 0.500. The van der Waals surface area contributed by atoms with Crippen molar-refractivity contribution in [2.45, 2.75) is 25.4 Å². The van der Waals surface area contributed by atoms with E-state index < -0.39 is 5.60 Å². The van der Waals surface area contributed by atoms with Crippen molar-refractivity contribution in [3.05, 3.63) is 34.2 Å². The van der Waals surface area contributed by atoms with Crippen molar-refractivity contribution < 1.29 is 5.11 Å². The van der Waals surface area contributed by atoms with Gasteiger partial charge >= 0.3 is 0 Å². The molecule has 1 fully saturated rings. The number of aliphatic hydroxyl groups is 1. The van der Waals surface area contributed by atoms with Crippen LogP contribution < -0.4 is 5.43 Å². The summed E-state index contributed by atoms with van der Waals surface area (Å²) in [5, 5.41) is 10.0. The van der Waals surface area contributed by atoms with Gasteiger partial charge in [0.25, 0.3) is 0 Å². The Balaban J connectivity index is 2.38. The highest BCUT2D eigenvalue weighted by Gasteiger charge is 2.54. The zero-order valence-electron chi connectivity index (χ0n) is 7.58. The lowest BCUT2D eigenvalue weighted by molar-refractivity contribution is 0.129. The molecule has 1 aromatic rings. The highest BCUT2D eigenvalue weighted by molar-refractivity contribution is 5.26. The molecule has 0 saturated heterocycles.